The molecule has 10 nitrogen and oxygen atoms in total. The van der Waals surface area contributed by atoms with Gasteiger partial charge in [-0.2, -0.15) is 5.06 Å². The minimum atomic E-state index is -0.876. The zero-order chi connectivity index (χ0) is 36.7. The first-order valence-electron chi connectivity index (χ1n) is 19.9. The first-order valence-corrected chi connectivity index (χ1v) is 19.9. The second-order valence-corrected chi connectivity index (χ2v) is 17.0. The number of aliphatic hydroxyl groups is 2. The maximum absolute atomic E-state index is 14.3. The Morgan fingerprint density at radius 2 is 1.90 bits per heavy atom. The molecule has 6 fully saturated rings. The fourth-order valence-corrected chi connectivity index (χ4v) is 9.93. The molecule has 9 atom stereocenters. The summed E-state index contributed by atoms with van der Waals surface area (Å²) in [6.07, 6.45) is 5.09. The van der Waals surface area contributed by atoms with E-state index in [-0.39, 0.29) is 31.0 Å². The van der Waals surface area contributed by atoms with Gasteiger partial charge in [0.2, 0.25) is 5.91 Å². The molecule has 2 bridgehead atoms. The summed E-state index contributed by atoms with van der Waals surface area (Å²) in [5.41, 5.74) is 3.47. The zero-order valence-corrected chi connectivity index (χ0v) is 31.7. The molecular weight excluding hydrogens is 656 g/mol. The second kappa shape index (κ2) is 15.4. The number of nitrogens with one attached hydrogen (secondary N) is 2. The monoisotopic (exact) mass is 716 g/mol. The van der Waals surface area contributed by atoms with Crippen molar-refractivity contribution >= 4 is 11.8 Å². The fourth-order valence-electron chi connectivity index (χ4n) is 9.93. The SMILES string of the molecule is CCN1CCC[C@H]1CNC(=O)c1cccc(-c2cccc(CN3O[C@@H](CO)[C@@H](C(C)O)[C@H]3C(=O)N[C@H]3C[C@H]4C[C@@H]([C@@H]3C)C4(C)C)c2OCC2CC2)c1. The summed E-state index contributed by atoms with van der Waals surface area (Å²) in [5.74, 6) is 1.84. The average molecular weight is 717 g/mol. The van der Waals surface area contributed by atoms with E-state index in [1.807, 2.05) is 42.5 Å². The van der Waals surface area contributed by atoms with E-state index in [1.165, 1.54) is 6.42 Å². The maximum Gasteiger partial charge on any atom is 0.251 e. The van der Waals surface area contributed by atoms with Crippen molar-refractivity contribution in [3.8, 4) is 16.9 Å². The minimum absolute atomic E-state index is 0.0583. The summed E-state index contributed by atoms with van der Waals surface area (Å²) in [6.45, 7) is 14.0. The second-order valence-electron chi connectivity index (χ2n) is 17.0. The lowest BCUT2D eigenvalue weighted by Gasteiger charge is -2.62. The van der Waals surface area contributed by atoms with E-state index in [0.29, 0.717) is 59.6 Å². The lowest BCUT2D eigenvalue weighted by molar-refractivity contribution is -0.183. The van der Waals surface area contributed by atoms with E-state index in [9.17, 15) is 19.8 Å². The fraction of sp³-hybridized carbons (Fsp3) is 0.667. The van der Waals surface area contributed by atoms with Gasteiger partial charge in [-0.15, -0.1) is 0 Å². The Labute approximate surface area is 309 Å². The molecular formula is C42H60N4O6. The molecule has 4 aliphatic carbocycles. The molecule has 2 aliphatic heterocycles. The standard InChI is InChI=1S/C42H60N4O6/c1-6-45-17-9-13-32(45)21-43-40(49)29-11-7-10-28(18-29)33-14-8-12-30(39(33)51-24-27-15-16-27)22-46-38(37(26(3)48)36(23-47)52-46)41(50)44-35-20-31-19-34(25(35)2)42(31,4)5/h7-8,10-12,14,18,25-27,31-32,34-38,47-48H,6,9,13,15-17,19-24H2,1-5H3,(H,43,49)(H,44,50)/t25-,26?,31+,32-,34-,35-,36-,37+,38-/m0/s1. The van der Waals surface area contributed by atoms with E-state index in [0.717, 1.165) is 61.9 Å². The van der Waals surface area contributed by atoms with Gasteiger partial charge in [0.25, 0.3) is 5.91 Å². The number of hydrogen-bond acceptors (Lipinski definition) is 8. The summed E-state index contributed by atoms with van der Waals surface area (Å²) in [4.78, 5) is 36.4. The van der Waals surface area contributed by atoms with Gasteiger partial charge in [0.1, 0.15) is 17.9 Å². The molecule has 2 aromatic rings. The molecule has 4 saturated carbocycles. The lowest BCUT2D eigenvalue weighted by Crippen LogP contribution is -2.62. The van der Waals surface area contributed by atoms with Crippen LogP contribution >= 0.6 is 0 Å². The van der Waals surface area contributed by atoms with Crippen LogP contribution in [0.1, 0.15) is 89.1 Å². The third-order valence-electron chi connectivity index (χ3n) is 13.5. The van der Waals surface area contributed by atoms with Crippen LogP contribution in [0.5, 0.6) is 5.75 Å². The molecule has 4 N–H and O–H groups in total. The van der Waals surface area contributed by atoms with Crippen LogP contribution in [0.4, 0.5) is 0 Å². The van der Waals surface area contributed by atoms with Crippen molar-refractivity contribution in [2.45, 2.75) is 110 Å². The minimum Gasteiger partial charge on any atom is -0.492 e. The van der Waals surface area contributed by atoms with Crippen LogP contribution < -0.4 is 15.4 Å². The molecule has 2 heterocycles. The van der Waals surface area contributed by atoms with Crippen molar-refractivity contribution in [2.75, 3.05) is 32.8 Å². The quantitative estimate of drug-likeness (QED) is 0.215. The highest BCUT2D eigenvalue weighted by molar-refractivity contribution is 5.95. The third-order valence-corrected chi connectivity index (χ3v) is 13.5. The summed E-state index contributed by atoms with van der Waals surface area (Å²) in [5, 5.41) is 29.5. The van der Waals surface area contributed by atoms with Gasteiger partial charge in [-0.3, -0.25) is 19.3 Å². The molecule has 6 aliphatic rings. The lowest BCUT2D eigenvalue weighted by atomic mass is 9.45. The number of rotatable bonds is 14. The first kappa shape index (κ1) is 37.3. The molecule has 284 valence electrons. The molecule has 8 rings (SSSR count). The van der Waals surface area contributed by atoms with Gasteiger partial charge < -0.3 is 25.6 Å². The summed E-state index contributed by atoms with van der Waals surface area (Å²) < 4.78 is 6.60. The van der Waals surface area contributed by atoms with Crippen LogP contribution in [0.25, 0.3) is 11.1 Å². The number of amides is 2. The molecule has 0 aromatic heterocycles. The highest BCUT2D eigenvalue weighted by Crippen LogP contribution is 2.61. The van der Waals surface area contributed by atoms with Gasteiger partial charge in [0, 0.05) is 41.2 Å². The average Bonchev–Trinajstić information content (AvgIpc) is 3.72. The third kappa shape index (κ3) is 7.38. The predicted octanol–water partition coefficient (Wildman–Crippen LogP) is 5.02. The van der Waals surface area contributed by atoms with Crippen molar-refractivity contribution < 1.29 is 29.4 Å². The molecule has 0 spiro atoms. The van der Waals surface area contributed by atoms with E-state index >= 15 is 0 Å². The normalized spacial score (nSPS) is 31.9. The number of likely N-dealkylation sites (tertiary alicyclic amines) is 1. The number of aliphatic hydroxyl groups excluding tert-OH is 2. The highest BCUT2D eigenvalue weighted by Gasteiger charge is 2.57. The van der Waals surface area contributed by atoms with Crippen LogP contribution in [0, 0.1) is 35.0 Å². The van der Waals surface area contributed by atoms with E-state index in [1.54, 1.807) is 12.0 Å². The van der Waals surface area contributed by atoms with Gasteiger partial charge in [-0.1, -0.05) is 58.0 Å². The molecule has 0 radical (unpaired) electrons. The molecule has 2 amide bonds. The number of benzene rings is 2. The molecule has 10 heteroatoms. The Morgan fingerprint density at radius 1 is 1.12 bits per heavy atom. The number of hydrogen-bond donors (Lipinski definition) is 4. The Balaban J connectivity index is 1.13. The predicted molar refractivity (Wildman–Crippen MR) is 200 cm³/mol. The molecule has 2 saturated heterocycles. The van der Waals surface area contributed by atoms with E-state index in [4.69, 9.17) is 9.57 Å². The van der Waals surface area contributed by atoms with Crippen LogP contribution in [0.3, 0.4) is 0 Å². The maximum atomic E-state index is 14.3. The topological polar surface area (TPSA) is 124 Å². The summed E-state index contributed by atoms with van der Waals surface area (Å²) in [7, 11) is 0. The summed E-state index contributed by atoms with van der Waals surface area (Å²) in [6, 6.07) is 13.3. The van der Waals surface area contributed by atoms with Gasteiger partial charge in [0.05, 0.1) is 25.9 Å². The van der Waals surface area contributed by atoms with E-state index in [2.05, 4.69) is 43.2 Å². The van der Waals surface area contributed by atoms with Crippen molar-refractivity contribution in [2.24, 2.45) is 35.0 Å². The number of likely N-dealkylation sites (N-methyl/N-ethyl adjacent to an activating group) is 1. The number of carbonyl (C=O) groups excluding carboxylic acids is 2. The Kier molecular flexibility index (Phi) is 11.0. The number of ether oxygens (including phenoxy) is 1. The largest absolute Gasteiger partial charge is 0.492 e. The van der Waals surface area contributed by atoms with Gasteiger partial charge in [-0.25, -0.2) is 0 Å². The smallest absolute Gasteiger partial charge is 0.251 e. The number of hydroxylamine groups is 2. The van der Waals surface area contributed by atoms with Crippen LogP contribution in [0.2, 0.25) is 0 Å². The number of para-hydroxylation sites is 1. The van der Waals surface area contributed by atoms with Crippen molar-refractivity contribution in [1.82, 2.24) is 20.6 Å². The van der Waals surface area contributed by atoms with Crippen LogP contribution in [0.15, 0.2) is 42.5 Å². The zero-order valence-electron chi connectivity index (χ0n) is 31.7. The Morgan fingerprint density at radius 3 is 2.60 bits per heavy atom. The van der Waals surface area contributed by atoms with Crippen molar-refractivity contribution in [1.29, 1.82) is 0 Å². The van der Waals surface area contributed by atoms with Gasteiger partial charge >= 0.3 is 0 Å². The molecule has 52 heavy (non-hydrogen) atoms. The molecule has 1 unspecified atom stereocenters. The van der Waals surface area contributed by atoms with Crippen LogP contribution in [-0.2, 0) is 16.2 Å². The highest BCUT2D eigenvalue weighted by atomic mass is 16.7. The first-order chi connectivity index (χ1) is 25.0. The number of fused-ring (bicyclic) bond motifs is 2. The number of carbonyl (C=O) groups is 2. The van der Waals surface area contributed by atoms with Gasteiger partial charge in [-0.05, 0) is 105 Å². The number of nitrogens with zero attached hydrogens (tertiary/aromatic N) is 2. The van der Waals surface area contributed by atoms with Crippen LogP contribution in [-0.4, -0.2) is 95.2 Å². The Bertz CT molecular complexity index is 1590. The Hall–Kier alpha value is -3.02. The van der Waals surface area contributed by atoms with Crippen molar-refractivity contribution in [3.05, 3.63) is 53.6 Å². The molecule has 2 aromatic carbocycles. The van der Waals surface area contributed by atoms with E-state index < -0.39 is 24.2 Å². The van der Waals surface area contributed by atoms with Crippen molar-refractivity contribution in [3.63, 3.8) is 0 Å². The van der Waals surface area contributed by atoms with Gasteiger partial charge in [0.15, 0.2) is 0 Å². The summed E-state index contributed by atoms with van der Waals surface area (Å²) >= 11 is 0.